The number of carbonyl (C=O) groups is 1. The van der Waals surface area contributed by atoms with E-state index in [9.17, 15) is 4.79 Å². The maximum absolute atomic E-state index is 13.0. The minimum absolute atomic E-state index is 0.0344. The lowest BCUT2D eigenvalue weighted by Gasteiger charge is -2.38. The third-order valence-electron chi connectivity index (χ3n) is 4.84. The van der Waals surface area contributed by atoms with Crippen molar-refractivity contribution in [3.05, 3.63) is 64.8 Å². The van der Waals surface area contributed by atoms with Crippen LogP contribution in [0.15, 0.2) is 48.5 Å². The van der Waals surface area contributed by atoms with Crippen molar-refractivity contribution in [1.29, 1.82) is 0 Å². The molecule has 1 fully saturated rings. The third-order valence-corrected chi connectivity index (χ3v) is 5.08. The number of nitrogens with zero attached hydrogens (tertiary/aromatic N) is 2. The van der Waals surface area contributed by atoms with E-state index in [1.54, 1.807) is 0 Å². The minimum Gasteiger partial charge on any atom is -0.370 e. The minimum atomic E-state index is -0.160. The van der Waals surface area contributed by atoms with E-state index in [0.717, 1.165) is 22.2 Å². The van der Waals surface area contributed by atoms with Crippen molar-refractivity contribution in [2.75, 3.05) is 13.2 Å². The molecule has 4 rings (SSSR count). The Hall–Kier alpha value is -2.37. The molecule has 1 N–H and O–H groups in total. The first-order chi connectivity index (χ1) is 12.6. The van der Waals surface area contributed by atoms with Crippen LogP contribution in [0.1, 0.15) is 24.3 Å². The summed E-state index contributed by atoms with van der Waals surface area (Å²) >= 11 is 6.09. The second kappa shape index (κ2) is 7.09. The molecular formula is C20H20ClN3O2. The SMILES string of the molecule is CC1COC(c2cccc(Cl)c2)CN1C(=O)Cc1[nH]nc2ccccc12. The van der Waals surface area contributed by atoms with Crippen LogP contribution in [-0.2, 0) is 16.0 Å². The van der Waals surface area contributed by atoms with Gasteiger partial charge in [0.15, 0.2) is 0 Å². The number of carbonyl (C=O) groups excluding carboxylic acids is 1. The van der Waals surface area contributed by atoms with E-state index in [1.807, 2.05) is 60.4 Å². The van der Waals surface area contributed by atoms with Gasteiger partial charge < -0.3 is 9.64 Å². The topological polar surface area (TPSA) is 58.2 Å². The van der Waals surface area contributed by atoms with Crippen molar-refractivity contribution in [1.82, 2.24) is 15.1 Å². The number of hydrogen-bond donors (Lipinski definition) is 1. The molecule has 1 aliphatic rings. The Bertz CT molecular complexity index is 939. The monoisotopic (exact) mass is 369 g/mol. The Kier molecular flexibility index (Phi) is 4.66. The number of morpholine rings is 1. The standard InChI is InChI=1S/C20H20ClN3O2/c1-13-12-26-19(14-5-4-6-15(21)9-14)11-24(13)20(25)10-18-16-7-2-3-8-17(16)22-23-18/h2-9,13,19H,10-12H2,1H3,(H,22,23). The Morgan fingerprint density at radius 1 is 1.31 bits per heavy atom. The van der Waals surface area contributed by atoms with Crippen LogP contribution in [0.3, 0.4) is 0 Å². The van der Waals surface area contributed by atoms with Gasteiger partial charge in [0.05, 0.1) is 36.8 Å². The summed E-state index contributed by atoms with van der Waals surface area (Å²) in [6.07, 6.45) is 0.139. The number of ether oxygens (including phenoxy) is 1. The molecule has 0 aliphatic carbocycles. The van der Waals surface area contributed by atoms with E-state index >= 15 is 0 Å². The molecule has 2 unspecified atom stereocenters. The van der Waals surface area contributed by atoms with Crippen LogP contribution in [0.25, 0.3) is 10.9 Å². The van der Waals surface area contributed by atoms with Gasteiger partial charge >= 0.3 is 0 Å². The number of halogens is 1. The zero-order valence-corrected chi connectivity index (χ0v) is 15.2. The summed E-state index contributed by atoms with van der Waals surface area (Å²) in [5.74, 6) is 0.0715. The number of aromatic amines is 1. The predicted octanol–water partition coefficient (Wildman–Crippen LogP) is 3.75. The number of aromatic nitrogens is 2. The molecule has 0 radical (unpaired) electrons. The first-order valence-electron chi connectivity index (χ1n) is 8.70. The highest BCUT2D eigenvalue weighted by Gasteiger charge is 2.31. The summed E-state index contributed by atoms with van der Waals surface area (Å²) in [7, 11) is 0. The smallest absolute Gasteiger partial charge is 0.229 e. The normalized spacial score (nSPS) is 20.5. The highest BCUT2D eigenvalue weighted by Crippen LogP contribution is 2.27. The lowest BCUT2D eigenvalue weighted by molar-refractivity contribution is -0.143. The van der Waals surface area contributed by atoms with Gasteiger partial charge in [-0.1, -0.05) is 41.9 Å². The summed E-state index contributed by atoms with van der Waals surface area (Å²) in [5, 5.41) is 8.94. The maximum Gasteiger partial charge on any atom is 0.229 e. The first kappa shape index (κ1) is 17.1. The number of hydrogen-bond acceptors (Lipinski definition) is 3. The zero-order chi connectivity index (χ0) is 18.1. The molecule has 1 aliphatic heterocycles. The molecule has 3 aromatic rings. The molecular weight excluding hydrogens is 350 g/mol. The molecule has 1 aromatic heterocycles. The van der Waals surface area contributed by atoms with Crippen molar-refractivity contribution in [3.63, 3.8) is 0 Å². The molecule has 5 nitrogen and oxygen atoms in total. The van der Waals surface area contributed by atoms with E-state index < -0.39 is 0 Å². The van der Waals surface area contributed by atoms with Gasteiger partial charge in [0.2, 0.25) is 5.91 Å². The quantitative estimate of drug-likeness (QED) is 0.765. The van der Waals surface area contributed by atoms with E-state index in [0.29, 0.717) is 24.6 Å². The van der Waals surface area contributed by atoms with Gasteiger partial charge in [0, 0.05) is 10.4 Å². The van der Waals surface area contributed by atoms with Crippen LogP contribution >= 0.6 is 11.6 Å². The molecule has 2 atom stereocenters. The van der Waals surface area contributed by atoms with Gasteiger partial charge in [-0.2, -0.15) is 5.10 Å². The van der Waals surface area contributed by atoms with Crippen LogP contribution in [0, 0.1) is 0 Å². The lowest BCUT2D eigenvalue weighted by Crippen LogP contribution is -2.48. The molecule has 0 saturated carbocycles. The largest absolute Gasteiger partial charge is 0.370 e. The number of amides is 1. The summed E-state index contributed by atoms with van der Waals surface area (Å²) in [5.41, 5.74) is 2.72. The average Bonchev–Trinajstić information content (AvgIpc) is 3.05. The summed E-state index contributed by atoms with van der Waals surface area (Å²) in [6, 6.07) is 15.5. The molecule has 6 heteroatoms. The average molecular weight is 370 g/mol. The summed E-state index contributed by atoms with van der Waals surface area (Å²) < 4.78 is 5.94. The third kappa shape index (κ3) is 3.32. The second-order valence-corrected chi connectivity index (χ2v) is 7.10. The first-order valence-corrected chi connectivity index (χ1v) is 9.08. The molecule has 1 amide bonds. The second-order valence-electron chi connectivity index (χ2n) is 6.67. The van der Waals surface area contributed by atoms with Crippen molar-refractivity contribution in [3.8, 4) is 0 Å². The van der Waals surface area contributed by atoms with Gasteiger partial charge in [-0.05, 0) is 30.7 Å². The summed E-state index contributed by atoms with van der Waals surface area (Å²) in [6.45, 7) is 3.04. The van der Waals surface area contributed by atoms with Crippen LogP contribution in [0.4, 0.5) is 0 Å². The van der Waals surface area contributed by atoms with Crippen LogP contribution in [-0.4, -0.2) is 40.2 Å². The molecule has 0 bridgehead atoms. The van der Waals surface area contributed by atoms with Crippen molar-refractivity contribution >= 4 is 28.4 Å². The number of rotatable bonds is 3. The molecule has 134 valence electrons. The number of H-pyrrole nitrogens is 1. The fourth-order valence-corrected chi connectivity index (χ4v) is 3.61. The number of benzene rings is 2. The van der Waals surface area contributed by atoms with Crippen LogP contribution in [0.5, 0.6) is 0 Å². The predicted molar refractivity (Wildman–Crippen MR) is 101 cm³/mol. The molecule has 1 saturated heterocycles. The van der Waals surface area contributed by atoms with Gasteiger partial charge in [-0.3, -0.25) is 9.89 Å². The highest BCUT2D eigenvalue weighted by atomic mass is 35.5. The number of para-hydroxylation sites is 1. The fraction of sp³-hybridized carbons (Fsp3) is 0.300. The van der Waals surface area contributed by atoms with E-state index in [2.05, 4.69) is 10.2 Å². The Balaban J connectivity index is 1.52. The van der Waals surface area contributed by atoms with Gasteiger partial charge in [-0.25, -0.2) is 0 Å². The van der Waals surface area contributed by atoms with Gasteiger partial charge in [0.25, 0.3) is 0 Å². The van der Waals surface area contributed by atoms with Crippen molar-refractivity contribution < 1.29 is 9.53 Å². The number of nitrogens with one attached hydrogen (secondary N) is 1. The fourth-order valence-electron chi connectivity index (χ4n) is 3.41. The summed E-state index contributed by atoms with van der Waals surface area (Å²) in [4.78, 5) is 14.9. The molecule has 0 spiro atoms. The van der Waals surface area contributed by atoms with Crippen LogP contribution in [0.2, 0.25) is 5.02 Å². The Morgan fingerprint density at radius 2 is 2.15 bits per heavy atom. The molecule has 2 heterocycles. The highest BCUT2D eigenvalue weighted by molar-refractivity contribution is 6.30. The lowest BCUT2D eigenvalue weighted by atomic mass is 10.0. The molecule has 2 aromatic carbocycles. The Labute approximate surface area is 156 Å². The van der Waals surface area contributed by atoms with Crippen LogP contribution < -0.4 is 0 Å². The van der Waals surface area contributed by atoms with E-state index in [4.69, 9.17) is 16.3 Å². The van der Waals surface area contributed by atoms with Crippen molar-refractivity contribution in [2.24, 2.45) is 0 Å². The Morgan fingerprint density at radius 3 is 3.00 bits per heavy atom. The molecule has 26 heavy (non-hydrogen) atoms. The van der Waals surface area contributed by atoms with Gasteiger partial charge in [0.1, 0.15) is 6.10 Å². The van der Waals surface area contributed by atoms with Crippen molar-refractivity contribution in [2.45, 2.75) is 25.5 Å². The maximum atomic E-state index is 13.0. The van der Waals surface area contributed by atoms with E-state index in [1.165, 1.54) is 0 Å². The zero-order valence-electron chi connectivity index (χ0n) is 14.5. The van der Waals surface area contributed by atoms with Gasteiger partial charge in [-0.15, -0.1) is 0 Å². The van der Waals surface area contributed by atoms with E-state index in [-0.39, 0.29) is 18.1 Å². The number of fused-ring (bicyclic) bond motifs is 1.